The number of halogens is 1. The first-order valence-electron chi connectivity index (χ1n) is 8.48. The monoisotopic (exact) mass is 347 g/mol. The van der Waals surface area contributed by atoms with E-state index in [1.54, 1.807) is 25.0 Å². The van der Waals surface area contributed by atoms with Gasteiger partial charge in [-0.1, -0.05) is 5.16 Å². The Bertz CT molecular complexity index is 747. The summed E-state index contributed by atoms with van der Waals surface area (Å²) < 4.78 is 23.9. The van der Waals surface area contributed by atoms with E-state index in [9.17, 15) is 9.18 Å². The van der Waals surface area contributed by atoms with E-state index in [0.29, 0.717) is 42.4 Å². The Balaban J connectivity index is 1.81. The molecule has 1 aliphatic rings. The summed E-state index contributed by atoms with van der Waals surface area (Å²) in [6.45, 7) is 2.79. The van der Waals surface area contributed by atoms with Gasteiger partial charge in [-0.2, -0.15) is 4.98 Å². The van der Waals surface area contributed by atoms with Gasteiger partial charge in [0.1, 0.15) is 11.9 Å². The normalized spacial score (nSPS) is 17.7. The molecule has 134 valence electrons. The molecule has 2 heterocycles. The number of aryl methyl sites for hydroxylation is 1. The summed E-state index contributed by atoms with van der Waals surface area (Å²) in [6.07, 6.45) is 3.26. The Morgan fingerprint density at radius 3 is 3.04 bits per heavy atom. The molecule has 0 unspecified atom stereocenters. The number of amides is 1. The number of ether oxygens (including phenoxy) is 1. The number of carbonyl (C=O) groups is 1. The molecule has 1 aliphatic heterocycles. The lowest BCUT2D eigenvalue weighted by molar-refractivity contribution is 0.0561. The van der Waals surface area contributed by atoms with Gasteiger partial charge in [-0.3, -0.25) is 4.79 Å². The third-order valence-corrected chi connectivity index (χ3v) is 4.47. The van der Waals surface area contributed by atoms with Crippen LogP contribution in [0.1, 0.15) is 52.9 Å². The van der Waals surface area contributed by atoms with Crippen LogP contribution in [0.4, 0.5) is 4.39 Å². The second kappa shape index (κ2) is 7.74. The van der Waals surface area contributed by atoms with Gasteiger partial charge in [0.25, 0.3) is 5.91 Å². The minimum atomic E-state index is -0.313. The molecular formula is C18H22FN3O3. The highest BCUT2D eigenvalue weighted by molar-refractivity contribution is 5.94. The summed E-state index contributed by atoms with van der Waals surface area (Å²) in [5.74, 6) is 0.585. The van der Waals surface area contributed by atoms with Crippen molar-refractivity contribution in [2.45, 2.75) is 38.6 Å². The van der Waals surface area contributed by atoms with E-state index in [1.165, 1.54) is 12.1 Å². The number of hydrogen-bond donors (Lipinski definition) is 0. The quantitative estimate of drug-likeness (QED) is 0.831. The van der Waals surface area contributed by atoms with Gasteiger partial charge in [-0.25, -0.2) is 4.39 Å². The molecule has 1 saturated heterocycles. The molecule has 6 nitrogen and oxygen atoms in total. The minimum Gasteiger partial charge on any atom is -0.384 e. The molecule has 7 heteroatoms. The molecule has 0 N–H and O–H groups in total. The van der Waals surface area contributed by atoms with E-state index in [0.717, 1.165) is 19.3 Å². The van der Waals surface area contributed by atoms with E-state index < -0.39 is 0 Å². The SMILES string of the molecule is COCCc1noc([C@H]2CCCCN2C(=O)c2ccc(F)c(C)c2)n1. The molecule has 0 aliphatic carbocycles. The average Bonchev–Trinajstić information content (AvgIpc) is 3.10. The van der Waals surface area contributed by atoms with Crippen LogP contribution >= 0.6 is 0 Å². The van der Waals surface area contributed by atoms with E-state index in [-0.39, 0.29) is 17.8 Å². The van der Waals surface area contributed by atoms with Gasteiger partial charge in [0, 0.05) is 25.6 Å². The third kappa shape index (κ3) is 3.87. The number of hydrogen-bond acceptors (Lipinski definition) is 5. The minimum absolute atomic E-state index is 0.135. The predicted molar refractivity (Wildman–Crippen MR) is 88.6 cm³/mol. The molecule has 0 spiro atoms. The van der Waals surface area contributed by atoms with Crippen LogP contribution in [0.5, 0.6) is 0 Å². The van der Waals surface area contributed by atoms with Crippen LogP contribution in [0, 0.1) is 12.7 Å². The first-order chi connectivity index (χ1) is 12.1. The molecule has 3 rings (SSSR count). The van der Waals surface area contributed by atoms with Gasteiger partial charge >= 0.3 is 0 Å². The number of piperidine rings is 1. The summed E-state index contributed by atoms with van der Waals surface area (Å²) >= 11 is 0. The number of rotatable bonds is 5. The molecule has 1 atom stereocenters. The van der Waals surface area contributed by atoms with E-state index in [4.69, 9.17) is 9.26 Å². The van der Waals surface area contributed by atoms with Crippen molar-refractivity contribution in [3.63, 3.8) is 0 Å². The van der Waals surface area contributed by atoms with E-state index in [1.807, 2.05) is 0 Å². The van der Waals surface area contributed by atoms with Crippen molar-refractivity contribution in [1.29, 1.82) is 0 Å². The largest absolute Gasteiger partial charge is 0.384 e. The van der Waals surface area contributed by atoms with Crippen LogP contribution in [-0.4, -0.2) is 41.2 Å². The van der Waals surface area contributed by atoms with Crippen molar-refractivity contribution in [3.8, 4) is 0 Å². The second-order valence-corrected chi connectivity index (χ2v) is 6.27. The highest BCUT2D eigenvalue weighted by Crippen LogP contribution is 2.31. The lowest BCUT2D eigenvalue weighted by atomic mass is 10.00. The third-order valence-electron chi connectivity index (χ3n) is 4.47. The zero-order valence-electron chi connectivity index (χ0n) is 14.5. The van der Waals surface area contributed by atoms with Crippen molar-refractivity contribution in [1.82, 2.24) is 15.0 Å². The first kappa shape index (κ1) is 17.5. The fourth-order valence-corrected chi connectivity index (χ4v) is 3.07. The van der Waals surface area contributed by atoms with Crippen LogP contribution in [0.2, 0.25) is 0 Å². The summed E-state index contributed by atoms with van der Waals surface area (Å²) in [5.41, 5.74) is 0.934. The maximum absolute atomic E-state index is 13.5. The summed E-state index contributed by atoms with van der Waals surface area (Å²) in [7, 11) is 1.62. The maximum atomic E-state index is 13.5. The zero-order chi connectivity index (χ0) is 17.8. The smallest absolute Gasteiger partial charge is 0.254 e. The predicted octanol–water partition coefficient (Wildman–Crippen LogP) is 3.07. The summed E-state index contributed by atoms with van der Waals surface area (Å²) in [4.78, 5) is 19.1. The summed E-state index contributed by atoms with van der Waals surface area (Å²) in [6, 6.07) is 4.20. The van der Waals surface area contributed by atoms with E-state index in [2.05, 4.69) is 10.1 Å². The van der Waals surface area contributed by atoms with Gasteiger partial charge in [-0.15, -0.1) is 0 Å². The molecule has 0 radical (unpaired) electrons. The van der Waals surface area contributed by atoms with Crippen molar-refractivity contribution in [3.05, 3.63) is 46.9 Å². The number of nitrogens with zero attached hydrogens (tertiary/aromatic N) is 3. The Hall–Kier alpha value is -2.28. The second-order valence-electron chi connectivity index (χ2n) is 6.27. The number of methoxy groups -OCH3 is 1. The Labute approximate surface area is 146 Å². The van der Waals surface area contributed by atoms with Crippen molar-refractivity contribution in [2.75, 3.05) is 20.3 Å². The topological polar surface area (TPSA) is 68.5 Å². The molecule has 1 amide bonds. The van der Waals surface area contributed by atoms with Gasteiger partial charge in [0.05, 0.1) is 6.61 Å². The molecule has 1 aromatic carbocycles. The lowest BCUT2D eigenvalue weighted by Gasteiger charge is -2.33. The fraction of sp³-hybridized carbons (Fsp3) is 0.500. The van der Waals surface area contributed by atoms with Crippen molar-refractivity contribution in [2.24, 2.45) is 0 Å². The van der Waals surface area contributed by atoms with Crippen LogP contribution in [-0.2, 0) is 11.2 Å². The number of likely N-dealkylation sites (tertiary alicyclic amines) is 1. The van der Waals surface area contributed by atoms with Crippen molar-refractivity contribution >= 4 is 5.91 Å². The molecule has 0 saturated carbocycles. The Kier molecular flexibility index (Phi) is 5.43. The van der Waals surface area contributed by atoms with Crippen LogP contribution < -0.4 is 0 Å². The van der Waals surface area contributed by atoms with Gasteiger partial charge < -0.3 is 14.2 Å². The standard InChI is InChI=1S/C18H22FN3O3/c1-12-11-13(6-7-14(12)19)18(23)22-9-4-3-5-15(22)17-20-16(21-25-17)8-10-24-2/h6-7,11,15H,3-5,8-10H2,1-2H3/t15-/m1/s1. The summed E-state index contributed by atoms with van der Waals surface area (Å²) in [5, 5.41) is 3.97. The molecule has 0 bridgehead atoms. The van der Waals surface area contributed by atoms with Crippen molar-refractivity contribution < 1.29 is 18.4 Å². The highest BCUT2D eigenvalue weighted by atomic mass is 19.1. The van der Waals surface area contributed by atoms with Crippen LogP contribution in [0.3, 0.4) is 0 Å². The molecular weight excluding hydrogens is 325 g/mol. The first-order valence-corrected chi connectivity index (χ1v) is 8.48. The number of aromatic nitrogens is 2. The molecule has 1 fully saturated rings. The van der Waals surface area contributed by atoms with Gasteiger partial charge in [0.2, 0.25) is 5.89 Å². The van der Waals surface area contributed by atoms with Gasteiger partial charge in [-0.05, 0) is 49.9 Å². The Morgan fingerprint density at radius 1 is 1.44 bits per heavy atom. The van der Waals surface area contributed by atoms with Crippen LogP contribution in [0.25, 0.3) is 0 Å². The highest BCUT2D eigenvalue weighted by Gasteiger charge is 2.32. The lowest BCUT2D eigenvalue weighted by Crippen LogP contribution is -2.38. The fourth-order valence-electron chi connectivity index (χ4n) is 3.07. The zero-order valence-corrected chi connectivity index (χ0v) is 14.5. The maximum Gasteiger partial charge on any atom is 0.254 e. The van der Waals surface area contributed by atoms with Crippen LogP contribution in [0.15, 0.2) is 22.7 Å². The van der Waals surface area contributed by atoms with Gasteiger partial charge in [0.15, 0.2) is 5.82 Å². The molecule has 1 aromatic heterocycles. The Morgan fingerprint density at radius 2 is 2.28 bits per heavy atom. The van der Waals surface area contributed by atoms with E-state index >= 15 is 0 Å². The number of carbonyl (C=O) groups excluding carboxylic acids is 1. The average molecular weight is 347 g/mol. The number of benzene rings is 1. The molecule has 2 aromatic rings. The molecule has 25 heavy (non-hydrogen) atoms.